The van der Waals surface area contributed by atoms with Crippen molar-refractivity contribution < 1.29 is 0 Å². The van der Waals surface area contributed by atoms with Crippen LogP contribution in [0.2, 0.25) is 0 Å². The highest BCUT2D eigenvalue weighted by molar-refractivity contribution is 5.18. The van der Waals surface area contributed by atoms with Crippen molar-refractivity contribution in [2.24, 2.45) is 33.5 Å². The normalized spacial score (nSPS) is 56.3. The number of hydrogen-bond acceptors (Lipinski definition) is 1. The smallest absolute Gasteiger partial charge is 0.0178 e. The third-order valence-corrected chi connectivity index (χ3v) is 9.43. The first-order valence-corrected chi connectivity index (χ1v) is 9.37. The summed E-state index contributed by atoms with van der Waals surface area (Å²) in [4.78, 5) is 0. The molecule has 120 valence electrons. The van der Waals surface area contributed by atoms with Crippen LogP contribution >= 0.6 is 0 Å². The third-order valence-electron chi connectivity index (χ3n) is 9.43. The number of fused-ring (bicyclic) bond motifs is 4. The topological polar surface area (TPSA) is 12.0 Å². The molecule has 0 aromatic heterocycles. The molecule has 4 aliphatic rings. The molecule has 4 rings (SSSR count). The van der Waals surface area contributed by atoms with Gasteiger partial charge in [-0.25, -0.2) is 0 Å². The van der Waals surface area contributed by atoms with E-state index in [4.69, 9.17) is 0 Å². The minimum absolute atomic E-state index is 0.495. The van der Waals surface area contributed by atoms with E-state index >= 15 is 0 Å². The monoisotopic (exact) mass is 289 g/mol. The summed E-state index contributed by atoms with van der Waals surface area (Å²) in [6.07, 6.45) is 8.72. The van der Waals surface area contributed by atoms with E-state index < -0.39 is 0 Å². The molecule has 0 spiro atoms. The van der Waals surface area contributed by atoms with Gasteiger partial charge in [0.2, 0.25) is 0 Å². The molecule has 4 unspecified atom stereocenters. The highest BCUT2D eigenvalue weighted by atomic mass is 15.1. The van der Waals surface area contributed by atoms with E-state index in [9.17, 15) is 0 Å². The Hall–Kier alpha value is -0.0400. The Bertz CT molecular complexity index is 460. The molecule has 1 nitrogen and oxygen atoms in total. The van der Waals surface area contributed by atoms with Crippen LogP contribution in [-0.2, 0) is 0 Å². The van der Waals surface area contributed by atoms with E-state index in [0.29, 0.717) is 21.7 Å². The van der Waals surface area contributed by atoms with Gasteiger partial charge in [-0.1, -0.05) is 41.5 Å². The van der Waals surface area contributed by atoms with E-state index in [1.807, 2.05) is 0 Å². The quantitative estimate of drug-likeness (QED) is 0.754. The number of nitrogens with one attached hydrogen (secondary N) is 1. The number of rotatable bonds is 2. The van der Waals surface area contributed by atoms with Gasteiger partial charge in [0.05, 0.1) is 0 Å². The van der Waals surface area contributed by atoms with Crippen LogP contribution in [0.1, 0.15) is 80.1 Å². The summed E-state index contributed by atoms with van der Waals surface area (Å²) in [5, 5.41) is 4.27. The van der Waals surface area contributed by atoms with Gasteiger partial charge in [-0.2, -0.15) is 0 Å². The van der Waals surface area contributed by atoms with Gasteiger partial charge >= 0.3 is 0 Å². The van der Waals surface area contributed by atoms with Crippen molar-refractivity contribution in [2.45, 2.75) is 92.2 Å². The molecule has 0 amide bonds. The van der Waals surface area contributed by atoms with Crippen molar-refractivity contribution >= 4 is 0 Å². The zero-order valence-electron chi connectivity index (χ0n) is 15.1. The highest BCUT2D eigenvalue weighted by Gasteiger charge is 2.65. The van der Waals surface area contributed by atoms with Crippen LogP contribution in [0, 0.1) is 33.5 Å². The van der Waals surface area contributed by atoms with Gasteiger partial charge in [-0.05, 0) is 72.0 Å². The molecular weight excluding hydrogens is 254 g/mol. The molecule has 4 bridgehead atoms. The molecular formula is C20H35N. The Balaban J connectivity index is 1.61. The van der Waals surface area contributed by atoms with Crippen molar-refractivity contribution in [2.75, 3.05) is 0 Å². The molecule has 0 aromatic rings. The molecule has 4 aliphatic carbocycles. The SMILES string of the molecule is CC1(C)C(NC2CC3CCC2(C)C3(C)C)[C@]2(C)CC[C@H]1C2. The lowest BCUT2D eigenvalue weighted by Gasteiger charge is -2.48. The first-order chi connectivity index (χ1) is 9.61. The van der Waals surface area contributed by atoms with Gasteiger partial charge < -0.3 is 5.32 Å². The second kappa shape index (κ2) is 3.89. The molecule has 0 radical (unpaired) electrons. The molecule has 4 fully saturated rings. The van der Waals surface area contributed by atoms with Crippen molar-refractivity contribution in [3.05, 3.63) is 0 Å². The average molecular weight is 290 g/mol. The van der Waals surface area contributed by atoms with Gasteiger partial charge in [0, 0.05) is 12.1 Å². The molecule has 1 heteroatoms. The lowest BCUT2D eigenvalue weighted by Crippen LogP contribution is -2.57. The molecule has 0 aromatic carbocycles. The molecule has 0 aliphatic heterocycles. The summed E-state index contributed by atoms with van der Waals surface area (Å²) in [5.74, 6) is 1.91. The zero-order chi connectivity index (χ0) is 15.3. The Morgan fingerprint density at radius 2 is 1.52 bits per heavy atom. The fourth-order valence-corrected chi connectivity index (χ4v) is 7.37. The zero-order valence-corrected chi connectivity index (χ0v) is 15.1. The maximum Gasteiger partial charge on any atom is 0.0178 e. The van der Waals surface area contributed by atoms with Crippen LogP contribution in [0.5, 0.6) is 0 Å². The van der Waals surface area contributed by atoms with Crippen LogP contribution in [0.25, 0.3) is 0 Å². The first-order valence-electron chi connectivity index (χ1n) is 9.37. The molecule has 21 heavy (non-hydrogen) atoms. The van der Waals surface area contributed by atoms with E-state index in [1.165, 1.54) is 38.5 Å². The third kappa shape index (κ3) is 1.57. The van der Waals surface area contributed by atoms with Gasteiger partial charge in [0.25, 0.3) is 0 Å². The van der Waals surface area contributed by atoms with Crippen molar-refractivity contribution in [1.29, 1.82) is 0 Å². The van der Waals surface area contributed by atoms with Crippen LogP contribution in [0.15, 0.2) is 0 Å². The summed E-state index contributed by atoms with van der Waals surface area (Å²) in [7, 11) is 0. The molecule has 1 N–H and O–H groups in total. The van der Waals surface area contributed by atoms with Gasteiger partial charge in [-0.15, -0.1) is 0 Å². The fourth-order valence-electron chi connectivity index (χ4n) is 7.37. The van der Waals surface area contributed by atoms with E-state index in [1.54, 1.807) is 0 Å². The van der Waals surface area contributed by atoms with Gasteiger partial charge in [-0.3, -0.25) is 0 Å². The van der Waals surface area contributed by atoms with Crippen LogP contribution in [0.3, 0.4) is 0 Å². The van der Waals surface area contributed by atoms with Crippen molar-refractivity contribution in [3.8, 4) is 0 Å². The second-order valence-corrected chi connectivity index (χ2v) is 10.7. The lowest BCUT2D eigenvalue weighted by atomic mass is 9.66. The maximum absolute atomic E-state index is 4.27. The van der Waals surface area contributed by atoms with E-state index in [0.717, 1.165) is 23.9 Å². The molecule has 0 heterocycles. The summed E-state index contributed by atoms with van der Waals surface area (Å²) in [6.45, 7) is 15.3. The molecule has 6 atom stereocenters. The van der Waals surface area contributed by atoms with Crippen molar-refractivity contribution in [1.82, 2.24) is 5.32 Å². The van der Waals surface area contributed by atoms with E-state index in [-0.39, 0.29) is 0 Å². The average Bonchev–Trinajstić information content (AvgIpc) is 2.98. The summed E-state index contributed by atoms with van der Waals surface area (Å²) >= 11 is 0. The lowest BCUT2D eigenvalue weighted by molar-refractivity contribution is 0.0559. The standard InChI is InChI=1S/C20H35N/c1-17(2)14-7-9-19(5,12-14)16(17)21-15-11-13-8-10-20(15,6)18(13,3)4/h13-16,21H,7-12H2,1-6H3/t13?,14-,15?,16?,19+,20?/m0/s1. The Labute approximate surface area is 131 Å². The summed E-state index contributed by atoms with van der Waals surface area (Å²) in [5.41, 5.74) is 2.12. The largest absolute Gasteiger partial charge is 0.310 e. The molecule has 4 saturated carbocycles. The van der Waals surface area contributed by atoms with Gasteiger partial charge in [0.15, 0.2) is 0 Å². The van der Waals surface area contributed by atoms with Crippen molar-refractivity contribution in [3.63, 3.8) is 0 Å². The Kier molecular flexibility index (Phi) is 2.69. The van der Waals surface area contributed by atoms with Crippen LogP contribution < -0.4 is 5.32 Å². The second-order valence-electron chi connectivity index (χ2n) is 10.7. The fraction of sp³-hybridized carbons (Fsp3) is 1.00. The van der Waals surface area contributed by atoms with Crippen LogP contribution in [-0.4, -0.2) is 12.1 Å². The van der Waals surface area contributed by atoms with E-state index in [2.05, 4.69) is 46.9 Å². The number of hydrogen-bond donors (Lipinski definition) is 1. The predicted molar refractivity (Wildman–Crippen MR) is 89.2 cm³/mol. The van der Waals surface area contributed by atoms with Crippen LogP contribution in [0.4, 0.5) is 0 Å². The van der Waals surface area contributed by atoms with Gasteiger partial charge in [0.1, 0.15) is 0 Å². The Morgan fingerprint density at radius 1 is 0.857 bits per heavy atom. The highest BCUT2D eigenvalue weighted by Crippen LogP contribution is 2.67. The molecule has 0 saturated heterocycles. The maximum atomic E-state index is 4.27. The first kappa shape index (κ1) is 14.5. The predicted octanol–water partition coefficient (Wildman–Crippen LogP) is 5.01. The summed E-state index contributed by atoms with van der Waals surface area (Å²) < 4.78 is 0. The minimum Gasteiger partial charge on any atom is -0.310 e. The minimum atomic E-state index is 0.495. The Morgan fingerprint density at radius 3 is 2.00 bits per heavy atom. The summed E-state index contributed by atoms with van der Waals surface area (Å²) in [6, 6.07) is 1.49.